The van der Waals surface area contributed by atoms with E-state index in [-0.39, 0.29) is 6.04 Å². The van der Waals surface area contributed by atoms with E-state index in [1.54, 1.807) is 14.2 Å². The monoisotopic (exact) mass is 325 g/mol. The predicted octanol–water partition coefficient (Wildman–Crippen LogP) is 1.30. The highest BCUT2D eigenvalue weighted by Crippen LogP contribution is 2.23. The van der Waals surface area contributed by atoms with E-state index in [4.69, 9.17) is 10.00 Å². The molecule has 1 N–H and O–H groups in total. The standard InChI is InChI=1S/C15H23N3O3S/c1-12(17-9-10-18(2)22(4,19)20)13-5-6-15(21-3)14(11-13)7-8-16/h5-6,11-12,17H,7,9-10H2,1-4H3. The molecule has 122 valence electrons. The topological polar surface area (TPSA) is 82.4 Å². The van der Waals surface area contributed by atoms with Crippen LogP contribution in [0.4, 0.5) is 0 Å². The number of nitrogens with one attached hydrogen (secondary N) is 1. The van der Waals surface area contributed by atoms with Crippen LogP contribution in [0.2, 0.25) is 0 Å². The third-order valence-electron chi connectivity index (χ3n) is 3.52. The Hall–Kier alpha value is -1.62. The third-order valence-corrected chi connectivity index (χ3v) is 4.83. The molecule has 1 aromatic rings. The first-order valence-electron chi connectivity index (χ1n) is 6.98. The van der Waals surface area contributed by atoms with Gasteiger partial charge < -0.3 is 10.1 Å². The van der Waals surface area contributed by atoms with Crippen molar-refractivity contribution in [2.45, 2.75) is 19.4 Å². The Morgan fingerprint density at radius 2 is 2.14 bits per heavy atom. The second-order valence-electron chi connectivity index (χ2n) is 5.17. The number of hydrogen-bond donors (Lipinski definition) is 1. The van der Waals surface area contributed by atoms with E-state index in [0.717, 1.165) is 11.1 Å². The summed E-state index contributed by atoms with van der Waals surface area (Å²) in [5, 5.41) is 12.1. The molecule has 1 rings (SSSR count). The first kappa shape index (κ1) is 18.4. The van der Waals surface area contributed by atoms with Crippen molar-refractivity contribution in [1.29, 1.82) is 5.26 Å². The Morgan fingerprint density at radius 1 is 1.45 bits per heavy atom. The molecule has 0 aliphatic heterocycles. The van der Waals surface area contributed by atoms with Crippen molar-refractivity contribution < 1.29 is 13.2 Å². The van der Waals surface area contributed by atoms with E-state index >= 15 is 0 Å². The second kappa shape index (κ2) is 8.13. The van der Waals surface area contributed by atoms with Gasteiger partial charge in [-0.3, -0.25) is 0 Å². The minimum Gasteiger partial charge on any atom is -0.496 e. The summed E-state index contributed by atoms with van der Waals surface area (Å²) >= 11 is 0. The Balaban J connectivity index is 2.68. The minimum atomic E-state index is -3.15. The van der Waals surface area contributed by atoms with Crippen LogP contribution in [0.3, 0.4) is 0 Å². The van der Waals surface area contributed by atoms with Crippen LogP contribution in [0.15, 0.2) is 18.2 Å². The van der Waals surface area contributed by atoms with Crippen LogP contribution >= 0.6 is 0 Å². The van der Waals surface area contributed by atoms with Crippen LogP contribution < -0.4 is 10.1 Å². The van der Waals surface area contributed by atoms with Gasteiger partial charge in [-0.05, 0) is 24.6 Å². The van der Waals surface area contributed by atoms with Gasteiger partial charge in [0.2, 0.25) is 10.0 Å². The van der Waals surface area contributed by atoms with Crippen LogP contribution in [-0.4, -0.2) is 46.2 Å². The van der Waals surface area contributed by atoms with E-state index in [9.17, 15) is 8.42 Å². The summed E-state index contributed by atoms with van der Waals surface area (Å²) in [5.41, 5.74) is 1.89. The number of hydrogen-bond acceptors (Lipinski definition) is 5. The summed E-state index contributed by atoms with van der Waals surface area (Å²) in [6.45, 7) is 2.95. The molecule has 0 heterocycles. The molecule has 7 heteroatoms. The first-order valence-corrected chi connectivity index (χ1v) is 8.83. The second-order valence-corrected chi connectivity index (χ2v) is 7.26. The van der Waals surface area contributed by atoms with Crippen LogP contribution in [0.25, 0.3) is 0 Å². The summed E-state index contributed by atoms with van der Waals surface area (Å²) < 4.78 is 29.2. The van der Waals surface area contributed by atoms with Crippen LogP contribution in [0.1, 0.15) is 24.1 Å². The third kappa shape index (κ3) is 5.30. The average molecular weight is 325 g/mol. The Labute approximate surface area is 132 Å². The molecule has 0 bridgehead atoms. The van der Waals surface area contributed by atoms with E-state index in [1.807, 2.05) is 25.1 Å². The van der Waals surface area contributed by atoms with Crippen molar-refractivity contribution >= 4 is 10.0 Å². The lowest BCUT2D eigenvalue weighted by molar-refractivity contribution is 0.410. The van der Waals surface area contributed by atoms with E-state index < -0.39 is 10.0 Å². The van der Waals surface area contributed by atoms with Gasteiger partial charge in [0.15, 0.2) is 0 Å². The zero-order valence-electron chi connectivity index (χ0n) is 13.5. The molecule has 0 saturated carbocycles. The number of sulfonamides is 1. The van der Waals surface area contributed by atoms with Crippen molar-refractivity contribution in [2.75, 3.05) is 33.5 Å². The lowest BCUT2D eigenvalue weighted by Gasteiger charge is -2.19. The molecule has 0 aliphatic carbocycles. The molecule has 0 amide bonds. The molecule has 1 aromatic carbocycles. The number of nitrogens with zero attached hydrogens (tertiary/aromatic N) is 2. The zero-order chi connectivity index (χ0) is 16.8. The van der Waals surface area contributed by atoms with Gasteiger partial charge in [-0.1, -0.05) is 6.07 Å². The van der Waals surface area contributed by atoms with Crippen LogP contribution in [0, 0.1) is 11.3 Å². The molecule has 1 atom stereocenters. The average Bonchev–Trinajstić information content (AvgIpc) is 2.46. The summed E-state index contributed by atoms with van der Waals surface area (Å²) in [4.78, 5) is 0. The maximum Gasteiger partial charge on any atom is 0.210 e. The largest absolute Gasteiger partial charge is 0.496 e. The number of likely N-dealkylation sites (N-methyl/N-ethyl adjacent to an activating group) is 1. The van der Waals surface area contributed by atoms with Gasteiger partial charge in [-0.15, -0.1) is 0 Å². The quantitative estimate of drug-likeness (QED) is 0.779. The number of benzene rings is 1. The summed E-state index contributed by atoms with van der Waals surface area (Å²) in [6.07, 6.45) is 1.48. The maximum atomic E-state index is 11.3. The zero-order valence-corrected chi connectivity index (χ0v) is 14.3. The van der Waals surface area contributed by atoms with Gasteiger partial charge in [0.25, 0.3) is 0 Å². The van der Waals surface area contributed by atoms with Gasteiger partial charge in [-0.2, -0.15) is 5.26 Å². The lowest BCUT2D eigenvalue weighted by atomic mass is 10.0. The molecule has 6 nitrogen and oxygen atoms in total. The highest BCUT2D eigenvalue weighted by Gasteiger charge is 2.12. The molecular formula is C15H23N3O3S. The number of rotatable bonds is 8. The molecule has 0 saturated heterocycles. The molecule has 1 unspecified atom stereocenters. The molecule has 0 aliphatic rings. The van der Waals surface area contributed by atoms with Gasteiger partial charge in [-0.25, -0.2) is 12.7 Å². The van der Waals surface area contributed by atoms with Crippen LogP contribution in [0.5, 0.6) is 5.75 Å². The molecule has 0 aromatic heterocycles. The van der Waals surface area contributed by atoms with Gasteiger partial charge in [0, 0.05) is 31.7 Å². The smallest absolute Gasteiger partial charge is 0.210 e. The fourth-order valence-electron chi connectivity index (χ4n) is 2.01. The molecular weight excluding hydrogens is 302 g/mol. The maximum absolute atomic E-state index is 11.3. The van der Waals surface area contributed by atoms with Gasteiger partial charge >= 0.3 is 0 Å². The molecule has 22 heavy (non-hydrogen) atoms. The Kier molecular flexibility index (Phi) is 6.81. The van der Waals surface area contributed by atoms with Crippen LogP contribution in [-0.2, 0) is 16.4 Å². The van der Waals surface area contributed by atoms with Gasteiger partial charge in [0.05, 0.1) is 25.9 Å². The Bertz CT molecular complexity index is 638. The summed E-state index contributed by atoms with van der Waals surface area (Å²) in [7, 11) is -0.0101. The van der Waals surface area contributed by atoms with Crippen molar-refractivity contribution in [2.24, 2.45) is 0 Å². The van der Waals surface area contributed by atoms with Gasteiger partial charge in [0.1, 0.15) is 5.75 Å². The number of methoxy groups -OCH3 is 1. The molecule has 0 spiro atoms. The SMILES string of the molecule is COc1ccc(C(C)NCCN(C)S(C)(=O)=O)cc1CC#N. The van der Waals surface area contributed by atoms with Crippen molar-refractivity contribution in [3.63, 3.8) is 0 Å². The lowest BCUT2D eigenvalue weighted by Crippen LogP contribution is -2.34. The fourth-order valence-corrected chi connectivity index (χ4v) is 2.44. The molecule has 0 radical (unpaired) electrons. The minimum absolute atomic E-state index is 0.0521. The van der Waals surface area contributed by atoms with E-state index in [1.165, 1.54) is 10.6 Å². The van der Waals surface area contributed by atoms with E-state index in [0.29, 0.717) is 25.3 Å². The fraction of sp³-hybridized carbons (Fsp3) is 0.533. The first-order chi connectivity index (χ1) is 10.3. The normalized spacial score (nSPS) is 12.9. The van der Waals surface area contributed by atoms with Crippen molar-refractivity contribution in [3.8, 4) is 11.8 Å². The highest BCUT2D eigenvalue weighted by molar-refractivity contribution is 7.88. The van der Waals surface area contributed by atoms with Crippen molar-refractivity contribution in [3.05, 3.63) is 29.3 Å². The molecule has 0 fully saturated rings. The van der Waals surface area contributed by atoms with E-state index in [2.05, 4.69) is 11.4 Å². The summed E-state index contributed by atoms with van der Waals surface area (Å²) in [6, 6.07) is 7.91. The number of ether oxygens (including phenoxy) is 1. The highest BCUT2D eigenvalue weighted by atomic mass is 32.2. The Morgan fingerprint density at radius 3 is 2.68 bits per heavy atom. The predicted molar refractivity (Wildman–Crippen MR) is 86.2 cm³/mol. The summed E-state index contributed by atoms with van der Waals surface area (Å²) in [5.74, 6) is 0.703. The number of nitriles is 1. The van der Waals surface area contributed by atoms with Crippen molar-refractivity contribution in [1.82, 2.24) is 9.62 Å².